The summed E-state index contributed by atoms with van der Waals surface area (Å²) in [5, 5.41) is 9.85. The molecule has 114 valence electrons. The highest BCUT2D eigenvalue weighted by molar-refractivity contribution is 7.17. The van der Waals surface area contributed by atoms with Crippen LogP contribution >= 0.6 is 11.3 Å². The summed E-state index contributed by atoms with van der Waals surface area (Å²) in [4.78, 5) is 14.2. The van der Waals surface area contributed by atoms with E-state index in [0.29, 0.717) is 21.8 Å². The van der Waals surface area contributed by atoms with Crippen LogP contribution in [0.3, 0.4) is 0 Å². The van der Waals surface area contributed by atoms with E-state index in [2.05, 4.69) is 25.7 Å². The third-order valence-electron chi connectivity index (χ3n) is 4.28. The van der Waals surface area contributed by atoms with Gasteiger partial charge in [-0.15, -0.1) is 11.3 Å². The van der Waals surface area contributed by atoms with E-state index in [1.807, 2.05) is 6.07 Å². The third kappa shape index (κ3) is 2.98. The van der Waals surface area contributed by atoms with Gasteiger partial charge >= 0.3 is 0 Å². The number of rotatable bonds is 2. The van der Waals surface area contributed by atoms with Crippen LogP contribution in [0, 0.1) is 22.7 Å². The topological polar surface area (TPSA) is 96.1 Å². The van der Waals surface area contributed by atoms with Crippen molar-refractivity contribution < 1.29 is 4.79 Å². The van der Waals surface area contributed by atoms with Crippen LogP contribution in [0.15, 0.2) is 0 Å². The van der Waals surface area contributed by atoms with Gasteiger partial charge in [0, 0.05) is 13.1 Å². The summed E-state index contributed by atoms with van der Waals surface area (Å²) in [6, 6.07) is 2.04. The van der Waals surface area contributed by atoms with Gasteiger partial charge in [-0.2, -0.15) is 5.26 Å². The summed E-state index contributed by atoms with van der Waals surface area (Å²) in [6.07, 6.45) is 2.14. The molecule has 1 aliphatic rings. The molecule has 5 nitrogen and oxygen atoms in total. The molecule has 0 aliphatic carbocycles. The van der Waals surface area contributed by atoms with Crippen molar-refractivity contribution in [1.82, 2.24) is 0 Å². The smallest absolute Gasteiger partial charge is 0.253 e. The van der Waals surface area contributed by atoms with E-state index < -0.39 is 5.91 Å². The van der Waals surface area contributed by atoms with Crippen molar-refractivity contribution in [3.8, 4) is 6.07 Å². The standard InChI is InChI=1S/C15H22N4OS/c1-15(2,3)9-4-6-19(7-5-9)14-11(13(18)20)12(17)10(8-16)21-14/h9H,4-7,17H2,1-3H3,(H2,18,20). The molecule has 0 radical (unpaired) electrons. The third-order valence-corrected chi connectivity index (χ3v) is 5.45. The van der Waals surface area contributed by atoms with Crippen LogP contribution in [0.25, 0.3) is 0 Å². The van der Waals surface area contributed by atoms with Gasteiger partial charge in [-0.1, -0.05) is 20.8 Å². The van der Waals surface area contributed by atoms with E-state index in [1.165, 1.54) is 11.3 Å². The maximum Gasteiger partial charge on any atom is 0.253 e. The van der Waals surface area contributed by atoms with E-state index in [4.69, 9.17) is 16.7 Å². The Bertz CT molecular complexity index is 586. The average molecular weight is 306 g/mol. The lowest BCUT2D eigenvalue weighted by Gasteiger charge is -2.39. The van der Waals surface area contributed by atoms with Crippen LogP contribution in [0.4, 0.5) is 10.7 Å². The van der Waals surface area contributed by atoms with Crippen molar-refractivity contribution in [3.63, 3.8) is 0 Å². The van der Waals surface area contributed by atoms with E-state index in [0.717, 1.165) is 30.9 Å². The average Bonchev–Trinajstić information content (AvgIpc) is 2.75. The SMILES string of the molecule is CC(C)(C)C1CCN(c2sc(C#N)c(N)c2C(N)=O)CC1. The Kier molecular flexibility index (Phi) is 4.15. The first kappa shape index (κ1) is 15.6. The lowest BCUT2D eigenvalue weighted by molar-refractivity contribution is 0.100. The van der Waals surface area contributed by atoms with Gasteiger partial charge in [0.15, 0.2) is 0 Å². The Morgan fingerprint density at radius 1 is 1.38 bits per heavy atom. The van der Waals surface area contributed by atoms with Crippen molar-refractivity contribution in [2.75, 3.05) is 23.7 Å². The number of carbonyl (C=O) groups excluding carboxylic acids is 1. The second-order valence-corrected chi connectivity index (χ2v) is 7.63. The molecule has 2 heterocycles. The fourth-order valence-corrected chi connectivity index (χ4v) is 4.00. The van der Waals surface area contributed by atoms with Gasteiger partial charge in [-0.25, -0.2) is 0 Å². The maximum atomic E-state index is 11.7. The molecular weight excluding hydrogens is 284 g/mol. The summed E-state index contributed by atoms with van der Waals surface area (Å²) >= 11 is 1.27. The van der Waals surface area contributed by atoms with Gasteiger partial charge in [0.25, 0.3) is 5.91 Å². The Labute approximate surface area is 129 Å². The monoisotopic (exact) mass is 306 g/mol. The number of amides is 1. The second kappa shape index (κ2) is 5.57. The lowest BCUT2D eigenvalue weighted by atomic mass is 9.75. The molecule has 1 aromatic heterocycles. The Morgan fingerprint density at radius 3 is 2.38 bits per heavy atom. The molecule has 1 aromatic rings. The van der Waals surface area contributed by atoms with Crippen molar-refractivity contribution >= 4 is 27.9 Å². The number of piperidine rings is 1. The quantitative estimate of drug-likeness (QED) is 0.877. The first-order chi connectivity index (χ1) is 9.75. The van der Waals surface area contributed by atoms with E-state index in [-0.39, 0.29) is 5.69 Å². The minimum absolute atomic E-state index is 0.225. The Balaban J connectivity index is 2.25. The summed E-state index contributed by atoms with van der Waals surface area (Å²) in [7, 11) is 0. The molecular formula is C15H22N4OS. The van der Waals surface area contributed by atoms with Crippen LogP contribution in [0.5, 0.6) is 0 Å². The van der Waals surface area contributed by atoms with Crippen molar-refractivity contribution in [3.05, 3.63) is 10.4 Å². The van der Waals surface area contributed by atoms with Crippen molar-refractivity contribution in [1.29, 1.82) is 5.26 Å². The molecule has 6 heteroatoms. The normalized spacial score (nSPS) is 16.8. The predicted molar refractivity (Wildman–Crippen MR) is 86.4 cm³/mol. The fraction of sp³-hybridized carbons (Fsp3) is 0.600. The molecule has 0 saturated carbocycles. The van der Waals surface area contributed by atoms with Gasteiger partial charge in [-0.05, 0) is 24.2 Å². The largest absolute Gasteiger partial charge is 0.396 e. The van der Waals surface area contributed by atoms with Crippen molar-refractivity contribution in [2.24, 2.45) is 17.1 Å². The number of nitriles is 1. The summed E-state index contributed by atoms with van der Waals surface area (Å²) in [5.41, 5.74) is 12.1. The Hall–Kier alpha value is -1.74. The molecule has 0 bridgehead atoms. The first-order valence-corrected chi connectivity index (χ1v) is 7.94. The number of anilines is 2. The molecule has 1 saturated heterocycles. The predicted octanol–water partition coefficient (Wildman–Crippen LogP) is 2.56. The summed E-state index contributed by atoms with van der Waals surface area (Å²) in [5.74, 6) is 0.108. The number of nitrogen functional groups attached to an aromatic ring is 1. The van der Waals surface area contributed by atoms with Gasteiger partial charge < -0.3 is 16.4 Å². The highest BCUT2D eigenvalue weighted by atomic mass is 32.1. The van der Waals surface area contributed by atoms with Gasteiger partial charge in [0.1, 0.15) is 15.9 Å². The molecule has 0 spiro atoms. The minimum Gasteiger partial charge on any atom is -0.396 e. The molecule has 21 heavy (non-hydrogen) atoms. The number of carbonyl (C=O) groups is 1. The van der Waals surface area contributed by atoms with Crippen LogP contribution in [-0.2, 0) is 0 Å². The van der Waals surface area contributed by atoms with E-state index in [9.17, 15) is 4.79 Å². The van der Waals surface area contributed by atoms with Gasteiger partial charge in [-0.3, -0.25) is 4.79 Å². The maximum absolute atomic E-state index is 11.7. The molecule has 1 amide bonds. The molecule has 0 unspecified atom stereocenters. The fourth-order valence-electron chi connectivity index (χ4n) is 2.92. The zero-order valence-corrected chi connectivity index (χ0v) is 13.6. The number of nitrogens with two attached hydrogens (primary N) is 2. The molecule has 0 atom stereocenters. The summed E-state index contributed by atoms with van der Waals surface area (Å²) in [6.45, 7) is 8.53. The summed E-state index contributed by atoms with van der Waals surface area (Å²) < 4.78 is 0. The van der Waals surface area contributed by atoms with Gasteiger partial charge in [0.05, 0.1) is 11.3 Å². The molecule has 1 aliphatic heterocycles. The van der Waals surface area contributed by atoms with Crippen molar-refractivity contribution in [2.45, 2.75) is 33.6 Å². The zero-order valence-electron chi connectivity index (χ0n) is 12.8. The molecule has 1 fully saturated rings. The number of primary amides is 1. The van der Waals surface area contributed by atoms with Crippen LogP contribution < -0.4 is 16.4 Å². The number of nitrogens with zero attached hydrogens (tertiary/aromatic N) is 2. The second-order valence-electron chi connectivity index (χ2n) is 6.63. The molecule has 2 rings (SSSR count). The molecule has 0 aromatic carbocycles. The van der Waals surface area contributed by atoms with Crippen LogP contribution in [0.2, 0.25) is 0 Å². The van der Waals surface area contributed by atoms with E-state index >= 15 is 0 Å². The molecule has 4 N–H and O–H groups in total. The first-order valence-electron chi connectivity index (χ1n) is 7.12. The van der Waals surface area contributed by atoms with Crippen LogP contribution in [0.1, 0.15) is 48.8 Å². The highest BCUT2D eigenvalue weighted by Crippen LogP contribution is 2.41. The van der Waals surface area contributed by atoms with Crippen LogP contribution in [-0.4, -0.2) is 19.0 Å². The number of hydrogen-bond acceptors (Lipinski definition) is 5. The Morgan fingerprint density at radius 2 is 1.95 bits per heavy atom. The van der Waals surface area contributed by atoms with Gasteiger partial charge in [0.2, 0.25) is 0 Å². The lowest BCUT2D eigenvalue weighted by Crippen LogP contribution is -2.38. The highest BCUT2D eigenvalue weighted by Gasteiger charge is 2.31. The van der Waals surface area contributed by atoms with E-state index in [1.54, 1.807) is 0 Å². The zero-order chi connectivity index (χ0) is 15.8. The number of hydrogen-bond donors (Lipinski definition) is 2. The minimum atomic E-state index is -0.557. The number of thiophene rings is 1.